The Labute approximate surface area is 158 Å². The first-order chi connectivity index (χ1) is 10.0. The van der Waals surface area contributed by atoms with E-state index in [2.05, 4.69) is 0 Å². The fraction of sp³-hybridized carbons (Fsp3) is 1.00. The molecule has 0 fully saturated rings. The van der Waals surface area contributed by atoms with E-state index in [0.29, 0.717) is 0 Å². The van der Waals surface area contributed by atoms with Crippen molar-refractivity contribution in [1.82, 2.24) is 0 Å². The molecule has 0 aliphatic heterocycles. The zero-order chi connectivity index (χ0) is 22.5. The third kappa shape index (κ3) is 57300. The summed E-state index contributed by atoms with van der Waals surface area (Å²) in [5.74, 6) is 0. The Kier molecular flexibility index (Phi) is 38.1. The van der Waals surface area contributed by atoms with Gasteiger partial charge in [-0.3, -0.25) is 0 Å². The Bertz CT molecular complexity index is 379. The van der Waals surface area contributed by atoms with Gasteiger partial charge < -0.3 is 73.4 Å². The van der Waals surface area contributed by atoms with Crippen LogP contribution in [-0.4, -0.2) is 73.4 Å². The highest BCUT2D eigenvalue weighted by Crippen LogP contribution is 2.27. The third-order valence-electron chi connectivity index (χ3n) is 0. The molecule has 20 nitrogen and oxygen atoms in total. The first kappa shape index (κ1) is 51.3. The van der Waals surface area contributed by atoms with Gasteiger partial charge in [0.05, 0.1) is 0 Å². The van der Waals surface area contributed by atoms with Crippen LogP contribution in [0.5, 0.6) is 0 Å². The van der Waals surface area contributed by atoms with Crippen molar-refractivity contribution < 1.29 is 96.2 Å². The van der Waals surface area contributed by atoms with E-state index >= 15 is 0 Å². The zero-order valence-electron chi connectivity index (χ0n) is 11.0. The standard InChI is InChI=1S/3CH4.5H3O4P/c;;;5*1-5(2,3)4/h3*1H4;5*(H3,1,2,3,4). The van der Waals surface area contributed by atoms with E-state index in [1.807, 2.05) is 0 Å². The molecule has 0 unspecified atom stereocenters. The van der Waals surface area contributed by atoms with Crippen molar-refractivity contribution in [2.75, 3.05) is 0 Å². The van der Waals surface area contributed by atoms with E-state index in [1.165, 1.54) is 0 Å². The van der Waals surface area contributed by atoms with E-state index in [0.717, 1.165) is 0 Å². The lowest BCUT2D eigenvalue weighted by molar-refractivity contribution is 0.272. The predicted molar refractivity (Wildman–Crippen MR) is 91.5 cm³/mol. The molecule has 0 amide bonds. The highest BCUT2D eigenvalue weighted by Gasteiger charge is 2.01. The van der Waals surface area contributed by atoms with Gasteiger partial charge in [0.1, 0.15) is 0 Å². The Balaban J connectivity index is -0.0000000290. The van der Waals surface area contributed by atoms with Gasteiger partial charge in [0.15, 0.2) is 0 Å². The molecule has 0 aliphatic carbocycles. The average Bonchev–Trinajstić information content (AvgIpc) is 1.79. The molecular weight excluding hydrogens is 511 g/mol. The van der Waals surface area contributed by atoms with E-state index in [1.54, 1.807) is 0 Å². The second-order valence-electron chi connectivity index (χ2n) is 2.57. The van der Waals surface area contributed by atoms with Crippen molar-refractivity contribution in [2.24, 2.45) is 0 Å². The summed E-state index contributed by atoms with van der Waals surface area (Å²) < 4.78 is 44.4. The van der Waals surface area contributed by atoms with Crippen LogP contribution in [0.25, 0.3) is 0 Å². The lowest BCUT2D eigenvalue weighted by atomic mass is 12.0. The van der Waals surface area contributed by atoms with Gasteiger partial charge in [-0.15, -0.1) is 0 Å². The maximum atomic E-state index is 8.88. The minimum atomic E-state index is -4.64. The lowest BCUT2D eigenvalue weighted by Gasteiger charge is -1.82. The van der Waals surface area contributed by atoms with Gasteiger partial charge in [-0.1, -0.05) is 22.3 Å². The molecule has 0 rings (SSSR count). The van der Waals surface area contributed by atoms with Crippen LogP contribution in [-0.2, 0) is 22.8 Å². The number of hydrogen-bond acceptors (Lipinski definition) is 5. The molecular formula is C3H27O20P5. The third-order valence-corrected chi connectivity index (χ3v) is 0. The second kappa shape index (κ2) is 20.8. The fourth-order valence-electron chi connectivity index (χ4n) is 0. The summed E-state index contributed by atoms with van der Waals surface area (Å²) in [6.07, 6.45) is 0. The van der Waals surface area contributed by atoms with Crippen LogP contribution >= 0.6 is 39.1 Å². The van der Waals surface area contributed by atoms with Crippen molar-refractivity contribution in [3.05, 3.63) is 0 Å². The molecule has 0 radical (unpaired) electrons. The molecule has 0 aromatic heterocycles. The van der Waals surface area contributed by atoms with Crippen molar-refractivity contribution in [2.45, 2.75) is 22.3 Å². The van der Waals surface area contributed by atoms with Gasteiger partial charge in [0.2, 0.25) is 0 Å². The van der Waals surface area contributed by atoms with Crippen LogP contribution in [0.1, 0.15) is 22.3 Å². The van der Waals surface area contributed by atoms with Gasteiger partial charge in [-0.25, -0.2) is 22.8 Å². The van der Waals surface area contributed by atoms with Crippen molar-refractivity contribution in [3.8, 4) is 0 Å². The number of rotatable bonds is 0. The van der Waals surface area contributed by atoms with Gasteiger partial charge in [-0.05, 0) is 0 Å². The van der Waals surface area contributed by atoms with Crippen molar-refractivity contribution in [1.29, 1.82) is 0 Å². The molecule has 0 heterocycles. The summed E-state index contributed by atoms with van der Waals surface area (Å²) in [5, 5.41) is 0. The normalized spacial score (nSPS) is 10.5. The van der Waals surface area contributed by atoms with E-state index < -0.39 is 39.1 Å². The smallest absolute Gasteiger partial charge is 0.303 e. The van der Waals surface area contributed by atoms with Crippen LogP contribution in [0, 0.1) is 0 Å². The Morgan fingerprint density at radius 2 is 0.250 bits per heavy atom. The molecule has 28 heavy (non-hydrogen) atoms. The van der Waals surface area contributed by atoms with Crippen molar-refractivity contribution in [3.63, 3.8) is 0 Å². The molecule has 0 saturated carbocycles. The number of hydrogen-bond donors (Lipinski definition) is 15. The van der Waals surface area contributed by atoms with Crippen LogP contribution in [0.15, 0.2) is 0 Å². The second-order valence-corrected chi connectivity index (χ2v) is 7.70. The molecule has 25 heteroatoms. The molecule has 0 aliphatic rings. The summed E-state index contributed by atoms with van der Waals surface area (Å²) >= 11 is 0. The molecule has 0 atom stereocenters. The minimum Gasteiger partial charge on any atom is -0.303 e. The highest BCUT2D eigenvalue weighted by atomic mass is 31.2. The van der Waals surface area contributed by atoms with E-state index in [-0.39, 0.29) is 22.3 Å². The van der Waals surface area contributed by atoms with Crippen LogP contribution in [0.2, 0.25) is 0 Å². The molecule has 0 saturated heterocycles. The van der Waals surface area contributed by atoms with E-state index in [9.17, 15) is 0 Å². The van der Waals surface area contributed by atoms with Crippen LogP contribution in [0.4, 0.5) is 0 Å². The van der Waals surface area contributed by atoms with Crippen LogP contribution in [0.3, 0.4) is 0 Å². The summed E-state index contributed by atoms with van der Waals surface area (Å²) in [6, 6.07) is 0. The Morgan fingerprint density at radius 3 is 0.250 bits per heavy atom. The quantitative estimate of drug-likeness (QED) is 0.139. The zero-order valence-corrected chi connectivity index (χ0v) is 15.5. The monoisotopic (exact) mass is 538 g/mol. The van der Waals surface area contributed by atoms with E-state index in [4.69, 9.17) is 96.2 Å². The summed E-state index contributed by atoms with van der Waals surface area (Å²) in [7, 11) is -23.2. The molecule has 0 aromatic carbocycles. The summed E-state index contributed by atoms with van der Waals surface area (Å²) in [6.45, 7) is 0. The Hall–Kier alpha value is 0.550. The van der Waals surface area contributed by atoms with Gasteiger partial charge in [0.25, 0.3) is 0 Å². The average molecular weight is 538 g/mol. The summed E-state index contributed by atoms with van der Waals surface area (Å²) in [5.41, 5.74) is 0. The molecule has 0 aromatic rings. The molecule has 0 bridgehead atoms. The SMILES string of the molecule is C.C.C.O=P(O)(O)O.O=P(O)(O)O.O=P(O)(O)O.O=P(O)(O)O.O=P(O)(O)O. The first-order valence-electron chi connectivity index (χ1n) is 3.91. The van der Waals surface area contributed by atoms with Gasteiger partial charge in [0, 0.05) is 0 Å². The van der Waals surface area contributed by atoms with Gasteiger partial charge in [-0.2, -0.15) is 0 Å². The number of phosphoric acid groups is 5. The van der Waals surface area contributed by atoms with Crippen molar-refractivity contribution >= 4 is 39.1 Å². The minimum absolute atomic E-state index is 0. The van der Waals surface area contributed by atoms with Crippen LogP contribution < -0.4 is 0 Å². The predicted octanol–water partition coefficient (Wildman–Crippen LogP) is -2.73. The fourth-order valence-corrected chi connectivity index (χ4v) is 0. The first-order valence-corrected chi connectivity index (χ1v) is 11.7. The summed E-state index contributed by atoms with van der Waals surface area (Å²) in [4.78, 5) is 108. The molecule has 15 N–H and O–H groups in total. The largest absolute Gasteiger partial charge is 0.466 e. The maximum Gasteiger partial charge on any atom is 0.466 e. The molecule has 184 valence electrons. The topological polar surface area (TPSA) is 389 Å². The lowest BCUT2D eigenvalue weighted by Crippen LogP contribution is -1.66. The molecule has 0 spiro atoms. The van der Waals surface area contributed by atoms with Gasteiger partial charge >= 0.3 is 39.1 Å². The highest BCUT2D eigenvalue weighted by molar-refractivity contribution is 7.46. The Morgan fingerprint density at radius 1 is 0.250 bits per heavy atom. The maximum absolute atomic E-state index is 8.88.